The van der Waals surface area contributed by atoms with E-state index in [2.05, 4.69) is 55.6 Å². The second-order valence-corrected chi connectivity index (χ2v) is 24.9. The van der Waals surface area contributed by atoms with Crippen LogP contribution in [0.5, 0.6) is 0 Å². The second kappa shape index (κ2) is 69.6. The van der Waals surface area contributed by atoms with Crippen LogP contribution in [0.3, 0.4) is 0 Å². The van der Waals surface area contributed by atoms with E-state index < -0.39 is 12.1 Å². The highest BCUT2D eigenvalue weighted by molar-refractivity contribution is 5.76. The van der Waals surface area contributed by atoms with Crippen LogP contribution >= 0.6 is 0 Å². The van der Waals surface area contributed by atoms with Gasteiger partial charge in [-0.05, 0) is 83.5 Å². The van der Waals surface area contributed by atoms with Gasteiger partial charge in [-0.15, -0.1) is 0 Å². The molecule has 0 aromatic heterocycles. The van der Waals surface area contributed by atoms with Gasteiger partial charge < -0.3 is 20.3 Å². The van der Waals surface area contributed by atoms with Crippen LogP contribution in [0.15, 0.2) is 36.5 Å². The smallest absolute Gasteiger partial charge is 0.305 e. The number of ether oxygens (including phenoxy) is 1. The molecule has 1 amide bonds. The van der Waals surface area contributed by atoms with E-state index in [-0.39, 0.29) is 18.5 Å². The van der Waals surface area contributed by atoms with Gasteiger partial charge in [-0.25, -0.2) is 0 Å². The first-order chi connectivity index (χ1) is 39.5. The highest BCUT2D eigenvalue weighted by atomic mass is 16.5. The fourth-order valence-electron chi connectivity index (χ4n) is 11.4. The van der Waals surface area contributed by atoms with E-state index in [1.165, 1.54) is 315 Å². The van der Waals surface area contributed by atoms with E-state index in [0.29, 0.717) is 25.9 Å². The van der Waals surface area contributed by atoms with Crippen LogP contribution in [-0.4, -0.2) is 47.4 Å². The summed E-state index contributed by atoms with van der Waals surface area (Å²) >= 11 is 0. The second-order valence-electron chi connectivity index (χ2n) is 24.9. The van der Waals surface area contributed by atoms with Crippen molar-refractivity contribution in [3.63, 3.8) is 0 Å². The Bertz CT molecular complexity index is 1300. The van der Waals surface area contributed by atoms with Crippen molar-refractivity contribution >= 4 is 11.9 Å². The van der Waals surface area contributed by atoms with E-state index >= 15 is 0 Å². The Kier molecular flexibility index (Phi) is 67.9. The summed E-state index contributed by atoms with van der Waals surface area (Å²) in [4.78, 5) is 24.6. The van der Waals surface area contributed by atoms with Crippen LogP contribution in [0, 0.1) is 0 Å². The van der Waals surface area contributed by atoms with Crippen molar-refractivity contribution in [1.29, 1.82) is 0 Å². The first kappa shape index (κ1) is 78.1. The predicted octanol–water partition coefficient (Wildman–Crippen LogP) is 23.5. The van der Waals surface area contributed by atoms with Crippen molar-refractivity contribution in [2.75, 3.05) is 13.2 Å². The van der Waals surface area contributed by atoms with Crippen LogP contribution in [0.1, 0.15) is 399 Å². The zero-order valence-corrected chi connectivity index (χ0v) is 54.1. The van der Waals surface area contributed by atoms with Gasteiger partial charge in [0.15, 0.2) is 0 Å². The third kappa shape index (κ3) is 65.2. The highest BCUT2D eigenvalue weighted by Gasteiger charge is 2.20. The third-order valence-electron chi connectivity index (χ3n) is 16.9. The van der Waals surface area contributed by atoms with E-state index in [9.17, 15) is 19.8 Å². The first-order valence-corrected chi connectivity index (χ1v) is 36.2. The van der Waals surface area contributed by atoms with Crippen molar-refractivity contribution in [2.24, 2.45) is 0 Å². The van der Waals surface area contributed by atoms with Crippen molar-refractivity contribution in [1.82, 2.24) is 5.32 Å². The number of aliphatic hydroxyl groups is 2. The molecule has 6 nitrogen and oxygen atoms in total. The van der Waals surface area contributed by atoms with Crippen LogP contribution < -0.4 is 5.32 Å². The Hall–Kier alpha value is -1.92. The Labute approximate surface area is 500 Å². The number of unbranched alkanes of at least 4 members (excludes halogenated alkanes) is 51. The van der Waals surface area contributed by atoms with E-state index in [1.54, 1.807) is 0 Å². The molecule has 2 atom stereocenters. The molecule has 0 saturated carbocycles. The molecule has 6 heteroatoms. The summed E-state index contributed by atoms with van der Waals surface area (Å²) in [5.74, 6) is -0.0200. The van der Waals surface area contributed by atoms with Gasteiger partial charge in [-0.3, -0.25) is 9.59 Å². The fourth-order valence-corrected chi connectivity index (χ4v) is 11.4. The van der Waals surface area contributed by atoms with Crippen LogP contribution in [-0.2, 0) is 14.3 Å². The van der Waals surface area contributed by atoms with Gasteiger partial charge in [-0.2, -0.15) is 0 Å². The number of carbonyl (C=O) groups excluding carboxylic acids is 2. The summed E-state index contributed by atoms with van der Waals surface area (Å²) in [6, 6.07) is -0.539. The maximum Gasteiger partial charge on any atom is 0.305 e. The summed E-state index contributed by atoms with van der Waals surface area (Å²) in [5.41, 5.74) is 0. The zero-order valence-electron chi connectivity index (χ0n) is 54.1. The van der Waals surface area contributed by atoms with E-state index in [1.807, 2.05) is 0 Å². The molecule has 0 aliphatic carbocycles. The topological polar surface area (TPSA) is 95.9 Å². The Balaban J connectivity index is 3.36. The lowest BCUT2D eigenvalue weighted by Gasteiger charge is -2.22. The third-order valence-corrected chi connectivity index (χ3v) is 16.9. The van der Waals surface area contributed by atoms with Gasteiger partial charge in [0.05, 0.1) is 25.4 Å². The molecule has 0 fully saturated rings. The van der Waals surface area contributed by atoms with Crippen molar-refractivity contribution in [2.45, 2.75) is 411 Å². The molecule has 472 valence electrons. The zero-order chi connectivity index (χ0) is 57.8. The number of nitrogens with one attached hydrogen (secondary N) is 1. The summed E-state index contributed by atoms with van der Waals surface area (Å²) < 4.78 is 5.50. The first-order valence-electron chi connectivity index (χ1n) is 36.2. The number of aliphatic hydroxyl groups excluding tert-OH is 2. The molecule has 0 bridgehead atoms. The molecule has 0 radical (unpaired) electrons. The minimum Gasteiger partial charge on any atom is -0.466 e. The molecule has 0 aliphatic heterocycles. The number of rotatable bonds is 68. The summed E-state index contributed by atoms with van der Waals surface area (Å²) in [6.45, 7) is 4.97. The maximum absolute atomic E-state index is 12.5. The molecule has 3 N–H and O–H groups in total. The molecule has 0 aromatic carbocycles. The normalized spacial score (nSPS) is 12.7. The molecule has 80 heavy (non-hydrogen) atoms. The average molecular weight is 1120 g/mol. The molecule has 0 aliphatic rings. The molecule has 0 heterocycles. The summed E-state index contributed by atoms with van der Waals surface area (Å²) in [6.07, 6.45) is 89.2. The number of esters is 1. The molecule has 2 unspecified atom stereocenters. The standard InChI is InChI=1S/C74H141NO5/c1-3-5-7-9-11-13-15-17-18-36-40-44-48-52-56-60-64-68-74(79)80-69-65-61-57-53-49-45-41-38-35-33-31-29-27-25-23-21-19-20-22-24-26-28-30-32-34-37-39-43-47-51-55-59-63-67-73(78)75-71(70-76)72(77)66-62-58-54-50-46-42-16-14-12-10-8-6-4-2/h17-18,23,25,29,31,71-72,76-77H,3-16,19-22,24,26-28,30,32-70H2,1-2H3,(H,75,78)/b18-17-,25-23-,31-29-. The molecular weight excluding hydrogens is 983 g/mol. The monoisotopic (exact) mass is 1120 g/mol. The lowest BCUT2D eigenvalue weighted by molar-refractivity contribution is -0.143. The molecular formula is C74H141NO5. The summed E-state index contributed by atoms with van der Waals surface area (Å²) in [7, 11) is 0. The van der Waals surface area contributed by atoms with Gasteiger partial charge >= 0.3 is 5.97 Å². The van der Waals surface area contributed by atoms with Gasteiger partial charge in [0, 0.05) is 12.8 Å². The number of amides is 1. The SMILES string of the molecule is CCCCCCCC/C=C\CCCCCCCCCC(=O)OCCCCCCCCCCC/C=C\C/C=C\CCCCCCCCCCCCCCCCCCCC(=O)NC(CO)C(O)CCCCCCCCCCCCCCC. The van der Waals surface area contributed by atoms with Gasteiger partial charge in [0.1, 0.15) is 0 Å². The number of hydrogen-bond acceptors (Lipinski definition) is 5. The Morgan fingerprint density at radius 1 is 0.350 bits per heavy atom. The predicted molar refractivity (Wildman–Crippen MR) is 352 cm³/mol. The number of carbonyl (C=O) groups is 2. The quantitative estimate of drug-likeness (QED) is 0.0320. The number of hydrogen-bond donors (Lipinski definition) is 3. The largest absolute Gasteiger partial charge is 0.466 e. The molecule has 0 rings (SSSR count). The Morgan fingerprint density at radius 2 is 0.625 bits per heavy atom. The van der Waals surface area contributed by atoms with Crippen molar-refractivity contribution in [3.05, 3.63) is 36.5 Å². The van der Waals surface area contributed by atoms with Crippen LogP contribution in [0.2, 0.25) is 0 Å². The molecule has 0 saturated heterocycles. The fraction of sp³-hybridized carbons (Fsp3) is 0.892. The minimum atomic E-state index is -0.662. The van der Waals surface area contributed by atoms with Gasteiger partial charge in [0.2, 0.25) is 5.91 Å². The van der Waals surface area contributed by atoms with E-state index in [4.69, 9.17) is 4.74 Å². The molecule has 0 spiro atoms. The van der Waals surface area contributed by atoms with Crippen LogP contribution in [0.4, 0.5) is 0 Å². The average Bonchev–Trinajstić information content (AvgIpc) is 3.46. The van der Waals surface area contributed by atoms with Gasteiger partial charge in [-0.1, -0.05) is 339 Å². The maximum atomic E-state index is 12.5. The lowest BCUT2D eigenvalue weighted by atomic mass is 10.0. The van der Waals surface area contributed by atoms with Crippen molar-refractivity contribution in [3.8, 4) is 0 Å². The highest BCUT2D eigenvalue weighted by Crippen LogP contribution is 2.19. The van der Waals surface area contributed by atoms with Gasteiger partial charge in [0.25, 0.3) is 0 Å². The van der Waals surface area contributed by atoms with E-state index in [0.717, 1.165) is 51.4 Å². The minimum absolute atomic E-state index is 0.0113. The lowest BCUT2D eigenvalue weighted by Crippen LogP contribution is -2.45. The number of allylic oxidation sites excluding steroid dienone is 6. The van der Waals surface area contributed by atoms with Crippen LogP contribution in [0.25, 0.3) is 0 Å². The summed E-state index contributed by atoms with van der Waals surface area (Å²) in [5, 5.41) is 23.3. The molecule has 0 aromatic rings. The Morgan fingerprint density at radius 3 is 0.963 bits per heavy atom. The van der Waals surface area contributed by atoms with Crippen molar-refractivity contribution < 1.29 is 24.5 Å².